The van der Waals surface area contributed by atoms with E-state index in [-0.39, 0.29) is 17.9 Å². The van der Waals surface area contributed by atoms with Crippen LogP contribution in [-0.2, 0) is 4.79 Å². The van der Waals surface area contributed by atoms with Gasteiger partial charge in [0.15, 0.2) is 0 Å². The van der Waals surface area contributed by atoms with Gasteiger partial charge >= 0.3 is 0 Å². The van der Waals surface area contributed by atoms with Crippen molar-refractivity contribution in [3.63, 3.8) is 0 Å². The van der Waals surface area contributed by atoms with Crippen molar-refractivity contribution >= 4 is 34.9 Å². The molecule has 3 unspecified atom stereocenters. The summed E-state index contributed by atoms with van der Waals surface area (Å²) < 4.78 is 5.84. The number of likely N-dealkylation sites (tertiary alicyclic amines) is 1. The Morgan fingerprint density at radius 3 is 2.63 bits per heavy atom. The normalized spacial score (nSPS) is 22.3. The van der Waals surface area contributed by atoms with E-state index in [1.165, 1.54) is 0 Å². The van der Waals surface area contributed by atoms with Crippen LogP contribution in [-0.4, -0.2) is 65.8 Å². The van der Waals surface area contributed by atoms with Crippen molar-refractivity contribution in [1.82, 2.24) is 15.2 Å². The first-order valence-corrected chi connectivity index (χ1v) is 13.3. The molecule has 1 amide bonds. The predicted octanol–water partition coefficient (Wildman–Crippen LogP) is 4.07. The summed E-state index contributed by atoms with van der Waals surface area (Å²) in [5, 5.41) is 15.6. The van der Waals surface area contributed by atoms with Gasteiger partial charge in [-0.25, -0.2) is 4.98 Å². The van der Waals surface area contributed by atoms with E-state index in [0.717, 1.165) is 57.6 Å². The molecule has 0 radical (unpaired) electrons. The number of carbonyl (C=O) groups excluding carboxylic acids is 1. The minimum Gasteiger partial charge on any atom is -0.489 e. The molecule has 1 aromatic carbocycles. The molecule has 3 heterocycles. The third-order valence-corrected chi connectivity index (χ3v) is 7.59. The Morgan fingerprint density at radius 1 is 1.14 bits per heavy atom. The fourth-order valence-corrected chi connectivity index (χ4v) is 5.25. The van der Waals surface area contributed by atoms with Crippen LogP contribution in [0.1, 0.15) is 43.8 Å². The average molecular weight is 519 g/mol. The van der Waals surface area contributed by atoms with Crippen LogP contribution in [0.3, 0.4) is 0 Å². The number of rotatable bonds is 9. The molecule has 3 aliphatic rings. The number of benzene rings is 1. The van der Waals surface area contributed by atoms with Crippen molar-refractivity contribution in [2.45, 2.75) is 50.4 Å². The Kier molecular flexibility index (Phi) is 7.68. The number of aromatic nitrogens is 1. The van der Waals surface area contributed by atoms with Crippen LogP contribution in [0.2, 0.25) is 10.0 Å². The van der Waals surface area contributed by atoms with Crippen molar-refractivity contribution in [1.29, 1.82) is 0 Å². The van der Waals surface area contributed by atoms with Crippen LogP contribution in [0.25, 0.3) is 0 Å². The Bertz CT molecular complexity index is 1030. The topological polar surface area (TPSA) is 77.9 Å². The first-order chi connectivity index (χ1) is 17.0. The maximum absolute atomic E-state index is 13.3. The lowest BCUT2D eigenvalue weighted by Gasteiger charge is -2.30. The minimum absolute atomic E-state index is 0.0375. The van der Waals surface area contributed by atoms with Gasteiger partial charge in [-0.05, 0) is 75.0 Å². The largest absolute Gasteiger partial charge is 0.489 e. The third-order valence-electron chi connectivity index (χ3n) is 7.07. The highest BCUT2D eigenvalue weighted by Gasteiger charge is 2.33. The van der Waals surface area contributed by atoms with E-state index in [1.54, 1.807) is 12.3 Å². The average Bonchev–Trinajstić information content (AvgIpc) is 3.30. The Balaban J connectivity index is 1.26. The van der Waals surface area contributed by atoms with Gasteiger partial charge in [-0.1, -0.05) is 29.3 Å². The molecule has 1 aliphatic carbocycles. The Hall–Kier alpha value is -2.06. The number of hydrogen-bond acceptors (Lipinski definition) is 6. The van der Waals surface area contributed by atoms with Gasteiger partial charge in [0.2, 0.25) is 5.91 Å². The molecule has 2 N–H and O–H groups in total. The van der Waals surface area contributed by atoms with E-state index in [0.29, 0.717) is 34.4 Å². The van der Waals surface area contributed by atoms with E-state index < -0.39 is 12.1 Å². The number of pyridine rings is 1. The number of hydrogen-bond donors (Lipinski definition) is 2. The summed E-state index contributed by atoms with van der Waals surface area (Å²) >= 11 is 12.4. The smallest absolute Gasteiger partial charge is 0.225 e. The summed E-state index contributed by atoms with van der Waals surface area (Å²) in [4.78, 5) is 22.1. The molecule has 3 atom stereocenters. The number of halogens is 2. The van der Waals surface area contributed by atoms with Gasteiger partial charge in [0, 0.05) is 25.8 Å². The molecule has 1 aromatic heterocycles. The van der Waals surface area contributed by atoms with Gasteiger partial charge < -0.3 is 25.0 Å². The standard InChI is InChI=1S/C26H32Cl2N4O3/c27-19-4-8-24(29-14-19)32-12-9-18(15-32)26(34)30-22(16-31-10-1-2-11-31)25(33)17-3-7-23(21(28)13-17)35-20-5-6-20/h3-4,7-8,13-14,18,20,22,25,33H,1-2,5-6,9-12,15-16H2,(H,30,34). The number of aliphatic hydroxyl groups is 1. The molecular formula is C26H32Cl2N4O3. The fraction of sp³-hybridized carbons (Fsp3) is 0.538. The number of aliphatic hydroxyl groups excluding tert-OH is 1. The third kappa shape index (κ3) is 6.20. The molecule has 9 heteroatoms. The van der Waals surface area contributed by atoms with Crippen LogP contribution in [0, 0.1) is 5.92 Å². The quantitative estimate of drug-likeness (QED) is 0.520. The van der Waals surface area contributed by atoms with Crippen molar-refractivity contribution in [2.24, 2.45) is 5.92 Å². The predicted molar refractivity (Wildman–Crippen MR) is 137 cm³/mol. The highest BCUT2D eigenvalue weighted by atomic mass is 35.5. The van der Waals surface area contributed by atoms with Gasteiger partial charge in [-0.3, -0.25) is 4.79 Å². The summed E-state index contributed by atoms with van der Waals surface area (Å²) in [5.74, 6) is 1.26. The van der Waals surface area contributed by atoms with Crippen LogP contribution in [0.5, 0.6) is 5.75 Å². The molecule has 2 aromatic rings. The Labute approximate surface area is 216 Å². The maximum atomic E-state index is 13.3. The van der Waals surface area contributed by atoms with Gasteiger partial charge in [-0.15, -0.1) is 0 Å². The maximum Gasteiger partial charge on any atom is 0.225 e. The van der Waals surface area contributed by atoms with Gasteiger partial charge in [0.05, 0.1) is 28.1 Å². The second kappa shape index (κ2) is 10.9. The van der Waals surface area contributed by atoms with Gasteiger partial charge in [-0.2, -0.15) is 0 Å². The molecule has 3 fully saturated rings. The molecule has 188 valence electrons. The van der Waals surface area contributed by atoms with Crippen LogP contribution < -0.4 is 15.0 Å². The molecule has 2 saturated heterocycles. The minimum atomic E-state index is -0.873. The lowest BCUT2D eigenvalue weighted by atomic mass is 10.00. The van der Waals surface area contributed by atoms with E-state index in [2.05, 4.69) is 20.1 Å². The highest BCUT2D eigenvalue weighted by Crippen LogP contribution is 2.34. The second-order valence-corrected chi connectivity index (χ2v) is 10.7. The summed E-state index contributed by atoms with van der Waals surface area (Å²) in [6.07, 6.45) is 6.12. The van der Waals surface area contributed by atoms with Crippen molar-refractivity contribution in [3.05, 3.63) is 52.1 Å². The van der Waals surface area contributed by atoms with Crippen LogP contribution >= 0.6 is 23.2 Å². The number of nitrogens with zero attached hydrogens (tertiary/aromatic N) is 3. The molecule has 0 spiro atoms. The lowest BCUT2D eigenvalue weighted by Crippen LogP contribution is -2.48. The zero-order valence-corrected chi connectivity index (χ0v) is 21.2. The SMILES string of the molecule is O=C(NC(CN1CCCC1)C(O)c1ccc(OC2CC2)c(Cl)c1)C1CCN(c2ccc(Cl)cn2)C1. The first kappa shape index (κ1) is 24.6. The fourth-order valence-electron chi connectivity index (χ4n) is 4.90. The van der Waals surface area contributed by atoms with E-state index in [9.17, 15) is 9.90 Å². The van der Waals surface area contributed by atoms with E-state index in [1.807, 2.05) is 24.3 Å². The number of amides is 1. The first-order valence-electron chi connectivity index (χ1n) is 12.5. The van der Waals surface area contributed by atoms with Gasteiger partial charge in [0.1, 0.15) is 17.7 Å². The zero-order chi connectivity index (χ0) is 24.4. The number of nitrogens with one attached hydrogen (secondary N) is 1. The monoisotopic (exact) mass is 518 g/mol. The zero-order valence-electron chi connectivity index (χ0n) is 19.7. The molecule has 0 bridgehead atoms. The highest BCUT2D eigenvalue weighted by molar-refractivity contribution is 6.32. The molecule has 5 rings (SSSR count). The lowest BCUT2D eigenvalue weighted by molar-refractivity contribution is -0.126. The summed E-state index contributed by atoms with van der Waals surface area (Å²) in [5.41, 5.74) is 0.682. The van der Waals surface area contributed by atoms with Gasteiger partial charge in [0.25, 0.3) is 0 Å². The molecule has 35 heavy (non-hydrogen) atoms. The number of anilines is 1. The molecule has 7 nitrogen and oxygen atoms in total. The van der Waals surface area contributed by atoms with Crippen LogP contribution in [0.4, 0.5) is 5.82 Å². The number of ether oxygens (including phenoxy) is 1. The van der Waals surface area contributed by atoms with E-state index in [4.69, 9.17) is 27.9 Å². The second-order valence-electron chi connectivity index (χ2n) is 9.84. The summed E-state index contributed by atoms with van der Waals surface area (Å²) in [7, 11) is 0. The number of carbonyl (C=O) groups is 1. The molecule has 2 aliphatic heterocycles. The summed E-state index contributed by atoms with van der Waals surface area (Å²) in [6, 6.07) is 8.68. The summed E-state index contributed by atoms with van der Waals surface area (Å²) in [6.45, 7) is 3.90. The Morgan fingerprint density at radius 2 is 1.94 bits per heavy atom. The molecular weight excluding hydrogens is 487 g/mol. The molecule has 1 saturated carbocycles. The van der Waals surface area contributed by atoms with Crippen LogP contribution in [0.15, 0.2) is 36.5 Å². The van der Waals surface area contributed by atoms with Crippen molar-refractivity contribution in [2.75, 3.05) is 37.6 Å². The van der Waals surface area contributed by atoms with Crippen molar-refractivity contribution in [3.8, 4) is 5.75 Å². The van der Waals surface area contributed by atoms with E-state index >= 15 is 0 Å². The van der Waals surface area contributed by atoms with Crippen molar-refractivity contribution < 1.29 is 14.6 Å².